The smallest absolute Gasteiger partial charge is 0.295 e. The summed E-state index contributed by atoms with van der Waals surface area (Å²) in [5, 5.41) is 0. The second-order valence-corrected chi connectivity index (χ2v) is 8.25. The summed E-state index contributed by atoms with van der Waals surface area (Å²) in [5.74, 6) is 0. The molecule has 0 aliphatic carbocycles. The Balaban J connectivity index is 1.77. The van der Waals surface area contributed by atoms with E-state index in [-0.39, 0.29) is 11.2 Å². The van der Waals surface area contributed by atoms with E-state index in [4.69, 9.17) is 0 Å². The molecule has 0 N–H and O–H groups in total. The molecule has 0 fully saturated rings. The molecule has 0 bridgehead atoms. The standard InChI is InChI=1S/C21H18N4O2S/c1-11-7-12(2)18-16(8-11)25-19(26)17(28-20(25)22-18)10-13-5-6-14-15(9-13)24(4)21(27)23(14)3/h5-10H,1-4H3/b17-10-. The fraction of sp³-hybridized carbons (Fsp3) is 0.190. The van der Waals surface area contributed by atoms with Crippen molar-refractivity contribution in [1.29, 1.82) is 0 Å². The molecule has 5 rings (SSSR count). The van der Waals surface area contributed by atoms with Gasteiger partial charge in [-0.1, -0.05) is 23.5 Å². The minimum Gasteiger partial charge on any atom is -0.295 e. The quantitative estimate of drug-likeness (QED) is 0.441. The SMILES string of the molecule is Cc1cc(C)c2nc3s/c(=C\c4ccc5c(c4)n(C)c(=O)n5C)c(=O)n3c2c1. The summed E-state index contributed by atoms with van der Waals surface area (Å²) in [6, 6.07) is 9.86. The summed E-state index contributed by atoms with van der Waals surface area (Å²) in [5.41, 5.74) is 6.38. The van der Waals surface area contributed by atoms with E-state index < -0.39 is 0 Å². The van der Waals surface area contributed by atoms with E-state index in [0.29, 0.717) is 9.49 Å². The third kappa shape index (κ3) is 2.23. The number of hydrogen-bond acceptors (Lipinski definition) is 4. The summed E-state index contributed by atoms with van der Waals surface area (Å²) >= 11 is 1.39. The van der Waals surface area contributed by atoms with Gasteiger partial charge < -0.3 is 0 Å². The monoisotopic (exact) mass is 390 g/mol. The first-order chi connectivity index (χ1) is 13.3. The molecule has 3 aromatic heterocycles. The predicted octanol–water partition coefficient (Wildman–Crippen LogP) is 2.26. The van der Waals surface area contributed by atoms with Crippen LogP contribution in [0.25, 0.3) is 33.1 Å². The Bertz CT molecular complexity index is 1600. The molecular weight excluding hydrogens is 372 g/mol. The van der Waals surface area contributed by atoms with Gasteiger partial charge in [-0.25, -0.2) is 14.2 Å². The fourth-order valence-corrected chi connectivity index (χ4v) is 4.86. The van der Waals surface area contributed by atoms with E-state index in [1.165, 1.54) is 11.3 Å². The number of rotatable bonds is 1. The highest BCUT2D eigenvalue weighted by Crippen LogP contribution is 2.22. The Morgan fingerprint density at radius 3 is 2.50 bits per heavy atom. The molecule has 3 heterocycles. The third-order valence-electron chi connectivity index (χ3n) is 5.27. The van der Waals surface area contributed by atoms with Gasteiger partial charge in [0.1, 0.15) is 0 Å². The lowest BCUT2D eigenvalue weighted by atomic mass is 10.1. The molecule has 140 valence electrons. The highest BCUT2D eigenvalue weighted by Gasteiger charge is 2.13. The molecule has 0 unspecified atom stereocenters. The molecule has 0 radical (unpaired) electrons. The first-order valence-corrected chi connectivity index (χ1v) is 9.76. The molecule has 7 heteroatoms. The van der Waals surface area contributed by atoms with Gasteiger partial charge in [-0.15, -0.1) is 0 Å². The molecule has 0 amide bonds. The number of hydrogen-bond donors (Lipinski definition) is 0. The molecule has 0 saturated heterocycles. The molecule has 0 aliphatic heterocycles. The van der Waals surface area contributed by atoms with E-state index in [9.17, 15) is 9.59 Å². The zero-order chi connectivity index (χ0) is 19.7. The summed E-state index contributed by atoms with van der Waals surface area (Å²) in [7, 11) is 3.51. The number of aromatic nitrogens is 4. The van der Waals surface area contributed by atoms with Crippen molar-refractivity contribution in [2.45, 2.75) is 13.8 Å². The Labute approximate surface area is 163 Å². The van der Waals surface area contributed by atoms with E-state index in [0.717, 1.165) is 38.8 Å². The largest absolute Gasteiger partial charge is 0.328 e. The molecule has 5 aromatic rings. The molecule has 0 spiro atoms. The average molecular weight is 390 g/mol. The zero-order valence-electron chi connectivity index (χ0n) is 16.0. The normalized spacial score (nSPS) is 12.8. The van der Waals surface area contributed by atoms with Gasteiger partial charge in [0, 0.05) is 14.1 Å². The Morgan fingerprint density at radius 2 is 1.71 bits per heavy atom. The molecule has 28 heavy (non-hydrogen) atoms. The van der Waals surface area contributed by atoms with Gasteiger partial charge in [-0.3, -0.25) is 13.9 Å². The van der Waals surface area contributed by atoms with Crippen LogP contribution in [0.3, 0.4) is 0 Å². The second kappa shape index (κ2) is 5.65. The molecule has 2 aromatic carbocycles. The lowest BCUT2D eigenvalue weighted by molar-refractivity contribution is 0.795. The van der Waals surface area contributed by atoms with Crippen molar-refractivity contribution < 1.29 is 0 Å². The number of nitrogens with zero attached hydrogens (tertiary/aromatic N) is 4. The molecule has 0 aliphatic rings. The van der Waals surface area contributed by atoms with Crippen molar-refractivity contribution in [1.82, 2.24) is 18.5 Å². The zero-order valence-corrected chi connectivity index (χ0v) is 16.8. The van der Waals surface area contributed by atoms with Crippen LogP contribution in [0.2, 0.25) is 0 Å². The van der Waals surface area contributed by atoms with E-state index in [2.05, 4.69) is 11.1 Å². The van der Waals surface area contributed by atoms with Crippen molar-refractivity contribution in [3.8, 4) is 0 Å². The van der Waals surface area contributed by atoms with Crippen LogP contribution in [0.1, 0.15) is 16.7 Å². The highest BCUT2D eigenvalue weighted by molar-refractivity contribution is 7.15. The molecule has 6 nitrogen and oxygen atoms in total. The van der Waals surface area contributed by atoms with E-state index in [1.54, 1.807) is 27.6 Å². The maximum absolute atomic E-state index is 13.1. The minimum absolute atomic E-state index is 0.0606. The fourth-order valence-electron chi connectivity index (χ4n) is 3.88. The van der Waals surface area contributed by atoms with Gasteiger partial charge >= 0.3 is 5.69 Å². The minimum atomic E-state index is -0.0662. The highest BCUT2D eigenvalue weighted by atomic mass is 32.1. The van der Waals surface area contributed by atoms with Crippen LogP contribution in [0.5, 0.6) is 0 Å². The Morgan fingerprint density at radius 1 is 0.964 bits per heavy atom. The van der Waals surface area contributed by atoms with Gasteiger partial charge in [-0.2, -0.15) is 0 Å². The summed E-state index contributed by atoms with van der Waals surface area (Å²) in [6.45, 7) is 4.04. The van der Waals surface area contributed by atoms with Crippen molar-refractivity contribution >= 4 is 44.4 Å². The first-order valence-electron chi connectivity index (χ1n) is 8.94. The number of imidazole rings is 2. The summed E-state index contributed by atoms with van der Waals surface area (Å²) < 4.78 is 5.56. The summed E-state index contributed by atoms with van der Waals surface area (Å²) in [4.78, 5) is 30.6. The average Bonchev–Trinajstić information content (AvgIpc) is 3.23. The van der Waals surface area contributed by atoms with Gasteiger partial charge in [0.15, 0.2) is 4.96 Å². The van der Waals surface area contributed by atoms with E-state index in [1.807, 2.05) is 44.2 Å². The lowest BCUT2D eigenvalue weighted by Gasteiger charge is -1.98. The van der Waals surface area contributed by atoms with Crippen LogP contribution in [-0.2, 0) is 14.1 Å². The molecule has 0 saturated carbocycles. The van der Waals surface area contributed by atoms with Crippen molar-refractivity contribution in [2.24, 2.45) is 14.1 Å². The lowest BCUT2D eigenvalue weighted by Crippen LogP contribution is -2.22. The second-order valence-electron chi connectivity index (χ2n) is 7.24. The summed E-state index contributed by atoms with van der Waals surface area (Å²) in [6.07, 6.45) is 1.87. The van der Waals surface area contributed by atoms with Crippen molar-refractivity contribution in [3.63, 3.8) is 0 Å². The predicted molar refractivity (Wildman–Crippen MR) is 113 cm³/mol. The Hall–Kier alpha value is -3.19. The maximum Gasteiger partial charge on any atom is 0.328 e. The van der Waals surface area contributed by atoms with Crippen LogP contribution in [0.4, 0.5) is 0 Å². The number of thiazole rings is 1. The van der Waals surface area contributed by atoms with Crippen LogP contribution < -0.4 is 15.8 Å². The first kappa shape index (κ1) is 16.9. The number of aryl methyl sites for hydroxylation is 4. The van der Waals surface area contributed by atoms with Crippen LogP contribution >= 0.6 is 11.3 Å². The van der Waals surface area contributed by atoms with Crippen molar-refractivity contribution in [3.05, 3.63) is 72.4 Å². The topological polar surface area (TPSA) is 61.3 Å². The molecular formula is C21H18N4O2S. The van der Waals surface area contributed by atoms with Gasteiger partial charge in [0.2, 0.25) is 0 Å². The van der Waals surface area contributed by atoms with Gasteiger partial charge in [0.05, 0.1) is 26.6 Å². The third-order valence-corrected chi connectivity index (χ3v) is 6.24. The van der Waals surface area contributed by atoms with Crippen molar-refractivity contribution in [2.75, 3.05) is 0 Å². The van der Waals surface area contributed by atoms with Crippen LogP contribution in [0, 0.1) is 13.8 Å². The number of benzene rings is 2. The van der Waals surface area contributed by atoms with Crippen LogP contribution in [-0.4, -0.2) is 18.5 Å². The molecule has 0 atom stereocenters. The Kier molecular flexibility index (Phi) is 3.42. The maximum atomic E-state index is 13.1. The van der Waals surface area contributed by atoms with Gasteiger partial charge in [-0.05, 0) is 54.8 Å². The number of fused-ring (bicyclic) bond motifs is 4. The van der Waals surface area contributed by atoms with Crippen LogP contribution in [0.15, 0.2) is 39.9 Å². The van der Waals surface area contributed by atoms with Gasteiger partial charge in [0.25, 0.3) is 5.56 Å². The van der Waals surface area contributed by atoms with E-state index >= 15 is 0 Å².